The quantitative estimate of drug-likeness (QED) is 0.734. The van der Waals surface area contributed by atoms with Gasteiger partial charge in [0.2, 0.25) is 5.91 Å². The number of thiophene rings is 1. The average molecular weight is 355 g/mol. The van der Waals surface area contributed by atoms with Crippen molar-refractivity contribution in [1.29, 1.82) is 0 Å². The van der Waals surface area contributed by atoms with E-state index in [1.54, 1.807) is 17.4 Å². The molecule has 0 saturated carbocycles. The van der Waals surface area contributed by atoms with Crippen LogP contribution in [0.1, 0.15) is 23.3 Å². The Hall–Kier alpha value is -1.91. The Morgan fingerprint density at radius 2 is 2.12 bits per heavy atom. The molecule has 0 aliphatic carbocycles. The van der Waals surface area contributed by atoms with Crippen LogP contribution >= 0.6 is 11.3 Å². The molecular formula is C21H26N2OS. The van der Waals surface area contributed by atoms with Crippen molar-refractivity contribution < 1.29 is 4.79 Å². The van der Waals surface area contributed by atoms with Crippen LogP contribution in [-0.2, 0) is 11.2 Å². The number of likely N-dealkylation sites (tertiary alicyclic amines) is 1. The van der Waals surface area contributed by atoms with Gasteiger partial charge in [-0.05, 0) is 49.4 Å². The number of hydrogen-bond acceptors (Lipinski definition) is 3. The molecule has 4 heteroatoms. The normalized spacial score (nSPS) is 18.2. The predicted octanol–water partition coefficient (Wildman–Crippen LogP) is 3.93. The molecule has 1 fully saturated rings. The molecule has 1 atom stereocenters. The second kappa shape index (κ2) is 8.97. The zero-order valence-corrected chi connectivity index (χ0v) is 15.6. The summed E-state index contributed by atoms with van der Waals surface area (Å²) in [7, 11) is 2.18. The highest BCUT2D eigenvalue weighted by Gasteiger charge is 2.25. The van der Waals surface area contributed by atoms with Crippen LogP contribution in [0, 0.1) is 0 Å². The first-order chi connectivity index (χ1) is 12.2. The van der Waals surface area contributed by atoms with E-state index in [-0.39, 0.29) is 5.91 Å². The third-order valence-corrected chi connectivity index (χ3v) is 5.70. The van der Waals surface area contributed by atoms with E-state index in [0.717, 1.165) is 37.4 Å². The Kier molecular flexibility index (Phi) is 6.42. The van der Waals surface area contributed by atoms with Gasteiger partial charge in [-0.25, -0.2) is 0 Å². The topological polar surface area (TPSA) is 23.6 Å². The SMILES string of the molecule is CN(CCc1ccccc1)[C@@H]1CCCN(C(=O)/C=C/c2cccs2)C1. The van der Waals surface area contributed by atoms with E-state index < -0.39 is 0 Å². The van der Waals surface area contributed by atoms with Crippen LogP contribution in [0.5, 0.6) is 0 Å². The maximum absolute atomic E-state index is 12.5. The number of nitrogens with zero attached hydrogens (tertiary/aromatic N) is 2. The Balaban J connectivity index is 1.50. The van der Waals surface area contributed by atoms with Crippen LogP contribution in [0.15, 0.2) is 53.9 Å². The van der Waals surface area contributed by atoms with E-state index in [1.165, 1.54) is 12.0 Å². The molecule has 1 aromatic carbocycles. The standard InChI is InChI=1S/C21H26N2OS/c1-22(15-13-18-7-3-2-4-8-18)19-9-5-14-23(17-19)21(24)12-11-20-10-6-16-25-20/h2-4,6-8,10-12,16,19H,5,9,13-15,17H2,1H3/b12-11+/t19-/m1/s1. The zero-order chi connectivity index (χ0) is 17.5. The van der Waals surface area contributed by atoms with Crippen molar-refractivity contribution >= 4 is 23.3 Å². The summed E-state index contributed by atoms with van der Waals surface area (Å²) in [6.45, 7) is 2.73. The minimum absolute atomic E-state index is 0.134. The third-order valence-electron chi connectivity index (χ3n) is 4.86. The van der Waals surface area contributed by atoms with Crippen molar-refractivity contribution in [2.75, 3.05) is 26.7 Å². The van der Waals surface area contributed by atoms with Gasteiger partial charge in [0.15, 0.2) is 0 Å². The number of hydrogen-bond donors (Lipinski definition) is 0. The maximum atomic E-state index is 12.5. The second-order valence-electron chi connectivity index (χ2n) is 6.65. The molecule has 2 aromatic rings. The summed E-state index contributed by atoms with van der Waals surface area (Å²) in [5.41, 5.74) is 1.37. The smallest absolute Gasteiger partial charge is 0.246 e. The highest BCUT2D eigenvalue weighted by Crippen LogP contribution is 2.17. The highest BCUT2D eigenvalue weighted by atomic mass is 32.1. The molecule has 0 spiro atoms. The molecular weight excluding hydrogens is 328 g/mol. The molecule has 0 bridgehead atoms. The van der Waals surface area contributed by atoms with Gasteiger partial charge in [-0.1, -0.05) is 36.4 Å². The lowest BCUT2D eigenvalue weighted by Gasteiger charge is -2.37. The van der Waals surface area contributed by atoms with Crippen molar-refractivity contribution in [3.8, 4) is 0 Å². The molecule has 1 aliphatic rings. The van der Waals surface area contributed by atoms with Crippen LogP contribution in [0.2, 0.25) is 0 Å². The third kappa shape index (κ3) is 5.28. The molecule has 2 heterocycles. The summed E-state index contributed by atoms with van der Waals surface area (Å²) in [4.78, 5) is 18.0. The van der Waals surface area contributed by atoms with Crippen LogP contribution in [0.25, 0.3) is 6.08 Å². The van der Waals surface area contributed by atoms with Gasteiger partial charge in [0.05, 0.1) is 0 Å². The van der Waals surface area contributed by atoms with E-state index in [9.17, 15) is 4.79 Å². The monoisotopic (exact) mass is 354 g/mol. The second-order valence-corrected chi connectivity index (χ2v) is 7.62. The minimum Gasteiger partial charge on any atom is -0.338 e. The lowest BCUT2D eigenvalue weighted by atomic mass is 10.0. The van der Waals surface area contributed by atoms with E-state index in [4.69, 9.17) is 0 Å². The molecule has 0 N–H and O–H groups in total. The molecule has 3 nitrogen and oxygen atoms in total. The number of rotatable bonds is 6. The maximum Gasteiger partial charge on any atom is 0.246 e. The number of carbonyl (C=O) groups is 1. The fourth-order valence-corrected chi connectivity index (χ4v) is 3.91. The van der Waals surface area contributed by atoms with Crippen LogP contribution in [-0.4, -0.2) is 48.4 Å². The summed E-state index contributed by atoms with van der Waals surface area (Å²) < 4.78 is 0. The van der Waals surface area contributed by atoms with Gasteiger partial charge in [-0.15, -0.1) is 11.3 Å². The minimum atomic E-state index is 0.134. The first kappa shape index (κ1) is 17.9. The van der Waals surface area contributed by atoms with E-state index in [0.29, 0.717) is 6.04 Å². The lowest BCUT2D eigenvalue weighted by molar-refractivity contribution is -0.127. The van der Waals surface area contributed by atoms with Crippen LogP contribution in [0.3, 0.4) is 0 Å². The predicted molar refractivity (Wildman–Crippen MR) is 106 cm³/mol. The number of likely N-dealkylation sites (N-methyl/N-ethyl adjacent to an activating group) is 1. The fraction of sp³-hybridized carbons (Fsp3) is 0.381. The molecule has 1 aliphatic heterocycles. The summed E-state index contributed by atoms with van der Waals surface area (Å²) in [5, 5.41) is 2.03. The average Bonchev–Trinajstić information content (AvgIpc) is 3.18. The van der Waals surface area contributed by atoms with E-state index in [2.05, 4.69) is 42.3 Å². The first-order valence-electron chi connectivity index (χ1n) is 8.97. The van der Waals surface area contributed by atoms with Gasteiger partial charge < -0.3 is 9.80 Å². The number of carbonyl (C=O) groups excluding carboxylic acids is 1. The molecule has 0 radical (unpaired) electrons. The molecule has 25 heavy (non-hydrogen) atoms. The van der Waals surface area contributed by atoms with Crippen molar-refractivity contribution in [2.45, 2.75) is 25.3 Å². The highest BCUT2D eigenvalue weighted by molar-refractivity contribution is 7.10. The number of benzene rings is 1. The number of piperidine rings is 1. The van der Waals surface area contributed by atoms with Gasteiger partial charge in [0.25, 0.3) is 0 Å². The summed E-state index contributed by atoms with van der Waals surface area (Å²) in [6, 6.07) is 15.1. The van der Waals surface area contributed by atoms with Gasteiger partial charge in [0, 0.05) is 36.6 Å². The van der Waals surface area contributed by atoms with Crippen molar-refractivity contribution in [2.24, 2.45) is 0 Å². The molecule has 0 unspecified atom stereocenters. The van der Waals surface area contributed by atoms with Crippen molar-refractivity contribution in [3.63, 3.8) is 0 Å². The Morgan fingerprint density at radius 1 is 1.28 bits per heavy atom. The van der Waals surface area contributed by atoms with Gasteiger partial charge in [-0.3, -0.25) is 4.79 Å². The fourth-order valence-electron chi connectivity index (χ4n) is 3.29. The molecule has 3 rings (SSSR count). The molecule has 1 amide bonds. The first-order valence-corrected chi connectivity index (χ1v) is 9.85. The molecule has 132 valence electrons. The number of amides is 1. The van der Waals surface area contributed by atoms with Crippen LogP contribution in [0.4, 0.5) is 0 Å². The molecule has 1 aromatic heterocycles. The Bertz CT molecular complexity index is 681. The van der Waals surface area contributed by atoms with Gasteiger partial charge >= 0.3 is 0 Å². The largest absolute Gasteiger partial charge is 0.338 e. The van der Waals surface area contributed by atoms with Crippen molar-refractivity contribution in [3.05, 3.63) is 64.4 Å². The summed E-state index contributed by atoms with van der Waals surface area (Å²) in [5.74, 6) is 0.134. The lowest BCUT2D eigenvalue weighted by Crippen LogP contribution is -2.48. The van der Waals surface area contributed by atoms with E-state index in [1.807, 2.05) is 28.5 Å². The van der Waals surface area contributed by atoms with Gasteiger partial charge in [0.1, 0.15) is 0 Å². The Labute approximate surface area is 154 Å². The van der Waals surface area contributed by atoms with Crippen molar-refractivity contribution in [1.82, 2.24) is 9.80 Å². The zero-order valence-electron chi connectivity index (χ0n) is 14.8. The van der Waals surface area contributed by atoms with Gasteiger partial charge in [-0.2, -0.15) is 0 Å². The summed E-state index contributed by atoms with van der Waals surface area (Å²) in [6.07, 6.45) is 6.95. The molecule has 1 saturated heterocycles. The summed E-state index contributed by atoms with van der Waals surface area (Å²) >= 11 is 1.66. The Morgan fingerprint density at radius 3 is 2.88 bits per heavy atom. The van der Waals surface area contributed by atoms with E-state index >= 15 is 0 Å². The van der Waals surface area contributed by atoms with Crippen LogP contribution < -0.4 is 0 Å².